The van der Waals surface area contributed by atoms with Gasteiger partial charge in [0.05, 0.1) is 17.4 Å². The minimum atomic E-state index is -4.95. The maximum atomic E-state index is 13.9. The maximum Gasteiger partial charge on any atom is 0.573 e. The number of rotatable bonds is 7. The van der Waals surface area contributed by atoms with Crippen LogP contribution in [0.4, 0.5) is 18.3 Å². The van der Waals surface area contributed by atoms with Crippen LogP contribution in [0.25, 0.3) is 10.2 Å². The van der Waals surface area contributed by atoms with E-state index in [1.807, 2.05) is 0 Å². The van der Waals surface area contributed by atoms with Crippen molar-refractivity contribution in [2.45, 2.75) is 113 Å². The molecule has 0 spiro atoms. The highest BCUT2D eigenvalue weighted by molar-refractivity contribution is 7.22. The summed E-state index contributed by atoms with van der Waals surface area (Å²) in [4.78, 5) is 32.8. The Balaban J connectivity index is 1.04. The average Bonchev–Trinajstić information content (AvgIpc) is 3.50. The fraction of sp³-hybridized carbons (Fsp3) is 0.625. The van der Waals surface area contributed by atoms with Crippen molar-refractivity contribution in [1.29, 1.82) is 0 Å². The number of piperidine rings is 1. The first-order chi connectivity index (χ1) is 21.6. The van der Waals surface area contributed by atoms with Gasteiger partial charge in [-0.2, -0.15) is 0 Å². The number of alkyl halides is 3. The number of hydrogen-bond acceptors (Lipinski definition) is 10. The number of fused-ring (bicyclic) bond motifs is 6. The van der Waals surface area contributed by atoms with Gasteiger partial charge in [0, 0.05) is 36.3 Å². The molecule has 4 bridgehead atoms. The molecule has 1 unspecified atom stereocenters. The summed E-state index contributed by atoms with van der Waals surface area (Å²) in [5.41, 5.74) is 1.27. The number of benzene rings is 1. The van der Waals surface area contributed by atoms with Crippen LogP contribution in [0, 0.1) is 5.92 Å². The van der Waals surface area contributed by atoms with E-state index < -0.39 is 18.1 Å². The lowest BCUT2D eigenvalue weighted by Crippen LogP contribution is -2.46. The zero-order chi connectivity index (χ0) is 31.1. The van der Waals surface area contributed by atoms with E-state index in [1.54, 1.807) is 0 Å². The number of halogens is 3. The van der Waals surface area contributed by atoms with E-state index in [0.29, 0.717) is 34.0 Å². The molecule has 0 N–H and O–H groups in total. The third-order valence-corrected chi connectivity index (χ3v) is 11.8. The Hall–Kier alpha value is -3.35. The highest BCUT2D eigenvalue weighted by atomic mass is 32.1. The van der Waals surface area contributed by atoms with Gasteiger partial charge in [0.2, 0.25) is 0 Å². The Labute approximate surface area is 261 Å². The van der Waals surface area contributed by atoms with Crippen molar-refractivity contribution in [3.8, 4) is 5.75 Å². The number of esters is 2. The molecule has 4 heterocycles. The molecule has 0 radical (unpaired) electrons. The first-order valence-corrected chi connectivity index (χ1v) is 16.7. The number of carbonyl (C=O) groups excluding carboxylic acids is 2. The lowest BCUT2D eigenvalue weighted by molar-refractivity contribution is -0.274. The molecule has 4 saturated carbocycles. The van der Waals surface area contributed by atoms with E-state index in [2.05, 4.69) is 19.8 Å². The van der Waals surface area contributed by atoms with Crippen molar-refractivity contribution in [3.63, 3.8) is 0 Å². The zero-order valence-electron chi connectivity index (χ0n) is 24.9. The van der Waals surface area contributed by atoms with E-state index >= 15 is 0 Å². The van der Waals surface area contributed by atoms with E-state index in [4.69, 9.17) is 14.0 Å². The predicted octanol–water partition coefficient (Wildman–Crippen LogP) is 7.43. The molecular weight excluding hydrogens is 611 g/mol. The molecule has 45 heavy (non-hydrogen) atoms. The van der Waals surface area contributed by atoms with Gasteiger partial charge in [-0.1, -0.05) is 16.5 Å². The largest absolute Gasteiger partial charge is 0.573 e. The van der Waals surface area contributed by atoms with Gasteiger partial charge in [-0.25, -0.2) is 14.6 Å². The van der Waals surface area contributed by atoms with E-state index in [0.717, 1.165) is 62.6 Å². The molecule has 2 aliphatic heterocycles. The van der Waals surface area contributed by atoms with Gasteiger partial charge in [0.25, 0.3) is 0 Å². The highest BCUT2D eigenvalue weighted by Gasteiger charge is 2.49. The third-order valence-electron chi connectivity index (χ3n) is 10.7. The highest BCUT2D eigenvalue weighted by Crippen LogP contribution is 2.54. The summed E-state index contributed by atoms with van der Waals surface area (Å²) >= 11 is 1.21. The van der Waals surface area contributed by atoms with Crippen LogP contribution in [0.1, 0.15) is 115 Å². The van der Waals surface area contributed by atoms with Crippen LogP contribution in [0.2, 0.25) is 0 Å². The number of methoxy groups -OCH3 is 1. The Bertz CT molecular complexity index is 1630. The van der Waals surface area contributed by atoms with Crippen LogP contribution in [0.15, 0.2) is 16.7 Å². The summed E-state index contributed by atoms with van der Waals surface area (Å²) in [6.45, 7) is 0. The summed E-state index contributed by atoms with van der Waals surface area (Å²) in [5, 5.41) is 5.10. The Morgan fingerprint density at radius 1 is 1.00 bits per heavy atom. The fourth-order valence-electron chi connectivity index (χ4n) is 8.37. The molecule has 3 atom stereocenters. The molecular formula is C32H34F3N3O6S. The first kappa shape index (κ1) is 29.1. The van der Waals surface area contributed by atoms with Crippen molar-refractivity contribution in [2.75, 3.05) is 12.0 Å². The van der Waals surface area contributed by atoms with Crippen LogP contribution < -0.4 is 9.64 Å². The number of ether oxygens (including phenoxy) is 3. The van der Waals surface area contributed by atoms with Crippen molar-refractivity contribution in [1.82, 2.24) is 10.1 Å². The van der Waals surface area contributed by atoms with Gasteiger partial charge in [0.15, 0.2) is 16.6 Å². The molecule has 6 aliphatic rings. The number of anilines is 1. The van der Waals surface area contributed by atoms with Crippen molar-refractivity contribution in [3.05, 3.63) is 34.7 Å². The van der Waals surface area contributed by atoms with Gasteiger partial charge >= 0.3 is 18.3 Å². The molecule has 9 nitrogen and oxygen atoms in total. The fourth-order valence-corrected chi connectivity index (χ4v) is 9.54. The second-order valence-electron chi connectivity index (χ2n) is 13.5. The first-order valence-electron chi connectivity index (χ1n) is 15.9. The summed E-state index contributed by atoms with van der Waals surface area (Å²) < 4.78 is 61.3. The molecule has 1 aromatic carbocycles. The molecule has 9 rings (SSSR count). The molecule has 6 fully saturated rings. The second-order valence-corrected chi connectivity index (χ2v) is 14.5. The van der Waals surface area contributed by atoms with Crippen LogP contribution >= 0.6 is 11.3 Å². The van der Waals surface area contributed by atoms with Gasteiger partial charge < -0.3 is 23.6 Å². The molecule has 2 saturated heterocycles. The summed E-state index contributed by atoms with van der Waals surface area (Å²) in [6, 6.07) is 2.50. The second kappa shape index (κ2) is 10.6. The smallest absolute Gasteiger partial charge is 0.465 e. The van der Waals surface area contributed by atoms with E-state index in [1.165, 1.54) is 43.8 Å². The van der Waals surface area contributed by atoms with E-state index in [-0.39, 0.29) is 46.6 Å². The average molecular weight is 646 g/mol. The molecule has 2 aromatic heterocycles. The summed E-state index contributed by atoms with van der Waals surface area (Å²) in [5.74, 6) is 0.0616. The lowest BCUT2D eigenvalue weighted by atomic mass is 9.59. The Morgan fingerprint density at radius 3 is 2.31 bits per heavy atom. The monoisotopic (exact) mass is 645 g/mol. The standard InChI is InChI=1S/C32H34F3N3O6S/c1-41-28(39)18-12-22(43-32(33,34)35)25-23(13-18)45-30(36-25)38-19-4-5-20(38)15-21(14-19)42-29(40)24-26(17-2-3-17)44-37-27(24)31-9-6-16(7-10-31)8-11-31/h12-13,16-17,19-21H,2-11,14-15H2,1H3/t16?,19-,20+,21?,31?. The molecule has 3 aromatic rings. The topological polar surface area (TPSA) is 104 Å². The Morgan fingerprint density at radius 2 is 1.69 bits per heavy atom. The van der Waals surface area contributed by atoms with Crippen molar-refractivity contribution in [2.24, 2.45) is 5.92 Å². The zero-order valence-corrected chi connectivity index (χ0v) is 25.7. The van der Waals surface area contributed by atoms with Gasteiger partial charge in [0.1, 0.15) is 22.9 Å². The van der Waals surface area contributed by atoms with Gasteiger partial charge in [-0.05, 0) is 82.3 Å². The predicted molar refractivity (Wildman–Crippen MR) is 157 cm³/mol. The third kappa shape index (κ3) is 5.14. The van der Waals surface area contributed by atoms with Crippen LogP contribution in [-0.2, 0) is 14.9 Å². The lowest BCUT2D eigenvalue weighted by Gasteiger charge is -2.45. The molecule has 4 aliphatic carbocycles. The van der Waals surface area contributed by atoms with Crippen LogP contribution in [0.3, 0.4) is 0 Å². The van der Waals surface area contributed by atoms with Gasteiger partial charge in [-0.3, -0.25) is 0 Å². The number of thiazole rings is 1. The summed E-state index contributed by atoms with van der Waals surface area (Å²) in [6.07, 6.45) is 6.22. The van der Waals surface area contributed by atoms with E-state index in [9.17, 15) is 22.8 Å². The minimum Gasteiger partial charge on any atom is -0.465 e. The summed E-state index contributed by atoms with van der Waals surface area (Å²) in [7, 11) is 1.17. The normalized spacial score (nSPS) is 29.3. The Kier molecular flexibility index (Phi) is 6.85. The van der Waals surface area contributed by atoms with Crippen LogP contribution in [-0.4, -0.2) is 53.7 Å². The van der Waals surface area contributed by atoms with Crippen molar-refractivity contribution < 1.29 is 41.5 Å². The minimum absolute atomic E-state index is 0.00578. The van der Waals surface area contributed by atoms with Gasteiger partial charge in [-0.15, -0.1) is 13.2 Å². The molecule has 13 heteroatoms. The van der Waals surface area contributed by atoms with Crippen molar-refractivity contribution >= 4 is 38.6 Å². The molecule has 0 amide bonds. The quantitative estimate of drug-likeness (QED) is 0.243. The van der Waals surface area contributed by atoms with Crippen LogP contribution in [0.5, 0.6) is 5.75 Å². The molecule has 240 valence electrons. The number of aromatic nitrogens is 2. The SMILES string of the molecule is COC(=O)c1cc(OC(F)(F)F)c2nc(N3[C@@H]4CC[C@H]3CC(OC(=O)c3c(C56CCC(CC5)CC6)noc3C3CC3)C4)sc2c1. The number of hydrogen-bond donors (Lipinski definition) is 0. The number of nitrogens with zero attached hydrogens (tertiary/aromatic N) is 3. The number of carbonyl (C=O) groups is 2. The maximum absolute atomic E-state index is 13.9.